The number of carbonyl (C=O) groups is 1. The number of phenolic OH excluding ortho intramolecular Hbond substituents is 1. The molecule has 0 aliphatic heterocycles. The van der Waals surface area contributed by atoms with Crippen molar-refractivity contribution in [2.75, 3.05) is 20.8 Å². The van der Waals surface area contributed by atoms with Crippen LogP contribution in [-0.4, -0.2) is 49.0 Å². The molecule has 0 spiro atoms. The number of carbonyl (C=O) groups excluding carboxylic acids is 1. The minimum atomic E-state index is -1.09. The normalized spacial score (nSPS) is 12.6. The number of halogens is 2. The predicted octanol–water partition coefficient (Wildman–Crippen LogP) is 3.74. The van der Waals surface area contributed by atoms with Gasteiger partial charge in [0.05, 0.1) is 26.4 Å². The number of aliphatic hydroxyl groups is 1. The molecule has 0 bridgehead atoms. The third-order valence-electron chi connectivity index (χ3n) is 5.98. The topological polar surface area (TPSA) is 100 Å². The van der Waals surface area contributed by atoms with Gasteiger partial charge in [-0.1, -0.05) is 31.2 Å². The van der Waals surface area contributed by atoms with Crippen molar-refractivity contribution in [3.8, 4) is 17.2 Å². The molecule has 4 N–H and O–H groups in total. The lowest BCUT2D eigenvalue weighted by atomic mass is 10.00. The number of aromatic hydroxyl groups is 1. The van der Waals surface area contributed by atoms with Gasteiger partial charge in [0.2, 0.25) is 5.75 Å². The van der Waals surface area contributed by atoms with E-state index in [9.17, 15) is 23.8 Å². The Hall–Kier alpha value is -3.69. The Morgan fingerprint density at radius 1 is 0.946 bits per heavy atom. The summed E-state index contributed by atoms with van der Waals surface area (Å²) in [6.45, 7) is 2.67. The summed E-state index contributed by atoms with van der Waals surface area (Å²) >= 11 is 0. The molecule has 3 aromatic rings. The van der Waals surface area contributed by atoms with Crippen molar-refractivity contribution >= 4 is 5.91 Å². The Balaban J connectivity index is 1.78. The summed E-state index contributed by atoms with van der Waals surface area (Å²) in [6.07, 6.45) is -0.215. The molecule has 3 rings (SSSR count). The van der Waals surface area contributed by atoms with E-state index in [4.69, 9.17) is 9.47 Å². The van der Waals surface area contributed by atoms with E-state index >= 15 is 0 Å². The van der Waals surface area contributed by atoms with Crippen molar-refractivity contribution in [3.63, 3.8) is 0 Å². The van der Waals surface area contributed by atoms with Crippen LogP contribution in [0.3, 0.4) is 0 Å². The number of rotatable bonds is 12. The molecule has 7 nitrogen and oxygen atoms in total. The molecule has 0 aliphatic rings. The molecule has 9 heteroatoms. The number of phenols is 1. The molecular formula is C28H32F2N2O5. The lowest BCUT2D eigenvalue weighted by Crippen LogP contribution is -2.48. The van der Waals surface area contributed by atoms with E-state index in [1.54, 1.807) is 0 Å². The number of nitrogens with one attached hydrogen (secondary N) is 2. The fourth-order valence-corrected chi connectivity index (χ4v) is 4.01. The predicted molar refractivity (Wildman–Crippen MR) is 136 cm³/mol. The number of methoxy groups -OCH3 is 2. The van der Waals surface area contributed by atoms with Gasteiger partial charge in [0.1, 0.15) is 11.6 Å². The van der Waals surface area contributed by atoms with Crippen LogP contribution in [0.1, 0.15) is 34.0 Å². The van der Waals surface area contributed by atoms with Gasteiger partial charge in [0.15, 0.2) is 11.5 Å². The molecule has 0 aromatic heterocycles. The third-order valence-corrected chi connectivity index (χ3v) is 5.98. The zero-order valence-corrected chi connectivity index (χ0v) is 21.1. The van der Waals surface area contributed by atoms with Crippen LogP contribution in [0.4, 0.5) is 8.78 Å². The van der Waals surface area contributed by atoms with Crippen LogP contribution < -0.4 is 20.1 Å². The maximum absolute atomic E-state index is 13.8. The highest BCUT2D eigenvalue weighted by molar-refractivity contribution is 5.95. The summed E-state index contributed by atoms with van der Waals surface area (Å²) in [5, 5.41) is 27.0. The highest BCUT2D eigenvalue weighted by Crippen LogP contribution is 2.37. The summed E-state index contributed by atoms with van der Waals surface area (Å²) in [5.41, 5.74) is 2.62. The Bertz CT molecular complexity index is 1180. The lowest BCUT2D eigenvalue weighted by molar-refractivity contribution is 0.0829. The number of hydrogen-bond acceptors (Lipinski definition) is 6. The second kappa shape index (κ2) is 13.0. The number of amides is 1. The largest absolute Gasteiger partial charge is 0.502 e. The van der Waals surface area contributed by atoms with E-state index in [-0.39, 0.29) is 41.3 Å². The van der Waals surface area contributed by atoms with Gasteiger partial charge in [0.25, 0.3) is 5.91 Å². The van der Waals surface area contributed by atoms with Crippen molar-refractivity contribution < 1.29 is 33.3 Å². The van der Waals surface area contributed by atoms with E-state index in [1.165, 1.54) is 31.9 Å². The fourth-order valence-electron chi connectivity index (χ4n) is 4.01. The van der Waals surface area contributed by atoms with Gasteiger partial charge in [-0.05, 0) is 53.8 Å². The van der Waals surface area contributed by atoms with Crippen LogP contribution in [0.5, 0.6) is 17.2 Å². The summed E-state index contributed by atoms with van der Waals surface area (Å²) < 4.78 is 37.8. The van der Waals surface area contributed by atoms with Gasteiger partial charge in [-0.25, -0.2) is 8.78 Å². The molecule has 37 heavy (non-hydrogen) atoms. The number of benzene rings is 3. The average Bonchev–Trinajstić information content (AvgIpc) is 2.87. The molecule has 0 saturated carbocycles. The molecule has 2 atom stereocenters. The summed E-state index contributed by atoms with van der Waals surface area (Å²) in [5.74, 6) is -2.29. The van der Waals surface area contributed by atoms with E-state index in [1.807, 2.05) is 18.2 Å². The van der Waals surface area contributed by atoms with E-state index in [0.717, 1.165) is 30.2 Å². The number of aliphatic hydroxyl groups excluding tert-OH is 1. The summed E-state index contributed by atoms with van der Waals surface area (Å²) in [7, 11) is 2.67. The molecule has 198 valence electrons. The second-order valence-corrected chi connectivity index (χ2v) is 8.66. The first kappa shape index (κ1) is 27.9. The zero-order chi connectivity index (χ0) is 26.9. The molecule has 0 saturated heterocycles. The van der Waals surface area contributed by atoms with Crippen LogP contribution in [-0.2, 0) is 19.4 Å². The fraction of sp³-hybridized carbons (Fsp3) is 0.321. The van der Waals surface area contributed by atoms with Crippen molar-refractivity contribution in [1.29, 1.82) is 0 Å². The van der Waals surface area contributed by atoms with Crippen molar-refractivity contribution in [2.24, 2.45) is 0 Å². The Labute approximate surface area is 215 Å². The van der Waals surface area contributed by atoms with Gasteiger partial charge in [0, 0.05) is 24.7 Å². The molecule has 0 unspecified atom stereocenters. The van der Waals surface area contributed by atoms with Crippen LogP contribution in [0.15, 0.2) is 54.6 Å². The van der Waals surface area contributed by atoms with Gasteiger partial charge in [-0.3, -0.25) is 4.79 Å². The SMILES string of the molecule is CCc1cccc(CNC[C@H](O)[C@H](Cc2cc(F)cc(F)c2)NC(=O)c2cc(OC)c(O)c(OC)c2)c1. The molecule has 0 fully saturated rings. The molecule has 0 aliphatic carbocycles. The Morgan fingerprint density at radius 3 is 2.16 bits per heavy atom. The van der Waals surface area contributed by atoms with Crippen molar-refractivity contribution in [1.82, 2.24) is 10.6 Å². The first-order valence-corrected chi connectivity index (χ1v) is 11.9. The number of hydrogen-bond donors (Lipinski definition) is 4. The molecule has 0 heterocycles. The monoisotopic (exact) mass is 514 g/mol. The van der Waals surface area contributed by atoms with Crippen LogP contribution in [0.2, 0.25) is 0 Å². The number of aryl methyl sites for hydroxylation is 1. The van der Waals surface area contributed by atoms with Gasteiger partial charge < -0.3 is 30.3 Å². The highest BCUT2D eigenvalue weighted by Gasteiger charge is 2.24. The van der Waals surface area contributed by atoms with Crippen LogP contribution in [0, 0.1) is 11.6 Å². The Kier molecular flexibility index (Phi) is 9.82. The number of ether oxygens (including phenoxy) is 2. The first-order valence-electron chi connectivity index (χ1n) is 11.9. The van der Waals surface area contributed by atoms with Gasteiger partial charge >= 0.3 is 0 Å². The Morgan fingerprint density at radius 2 is 1.57 bits per heavy atom. The van der Waals surface area contributed by atoms with E-state index in [0.29, 0.717) is 6.54 Å². The molecule has 1 amide bonds. The minimum absolute atomic E-state index is 0.0268. The van der Waals surface area contributed by atoms with E-state index < -0.39 is 29.7 Å². The van der Waals surface area contributed by atoms with Gasteiger partial charge in [-0.15, -0.1) is 0 Å². The summed E-state index contributed by atoms with van der Waals surface area (Å²) in [6, 6.07) is 12.9. The van der Waals surface area contributed by atoms with Crippen LogP contribution in [0.25, 0.3) is 0 Å². The van der Waals surface area contributed by atoms with E-state index in [2.05, 4.69) is 23.6 Å². The molecule has 3 aromatic carbocycles. The maximum atomic E-state index is 13.8. The highest BCUT2D eigenvalue weighted by atomic mass is 19.1. The summed E-state index contributed by atoms with van der Waals surface area (Å²) in [4.78, 5) is 13.1. The van der Waals surface area contributed by atoms with Crippen molar-refractivity contribution in [3.05, 3.63) is 88.5 Å². The lowest BCUT2D eigenvalue weighted by Gasteiger charge is -2.25. The van der Waals surface area contributed by atoms with Crippen LogP contribution >= 0.6 is 0 Å². The second-order valence-electron chi connectivity index (χ2n) is 8.66. The molecule has 0 radical (unpaired) electrons. The third kappa shape index (κ3) is 7.65. The smallest absolute Gasteiger partial charge is 0.251 e. The first-order chi connectivity index (χ1) is 17.7. The maximum Gasteiger partial charge on any atom is 0.251 e. The zero-order valence-electron chi connectivity index (χ0n) is 21.1. The quantitative estimate of drug-likeness (QED) is 0.294. The minimum Gasteiger partial charge on any atom is -0.502 e. The standard InChI is InChI=1S/C28H32F2N2O5/c1-4-17-6-5-7-18(8-17)15-31-16-24(33)23(11-19-9-21(29)14-22(30)10-19)32-28(35)20-12-25(36-2)27(34)26(13-20)37-3/h5-10,12-14,23-24,31,33-34H,4,11,15-16H2,1-3H3,(H,32,35)/t23-,24-/m0/s1. The van der Waals surface area contributed by atoms with Crippen molar-refractivity contribution in [2.45, 2.75) is 38.5 Å². The average molecular weight is 515 g/mol. The molecular weight excluding hydrogens is 482 g/mol. The van der Waals surface area contributed by atoms with Gasteiger partial charge in [-0.2, -0.15) is 0 Å².